The van der Waals surface area contributed by atoms with E-state index in [0.29, 0.717) is 5.92 Å². The number of urea groups is 1. The van der Waals surface area contributed by atoms with E-state index >= 15 is 0 Å². The number of thioether (sulfide) groups is 1. The molecule has 3 aliphatic rings. The fourth-order valence-corrected chi connectivity index (χ4v) is 5.01. The monoisotopic (exact) mass is 290 g/mol. The number of nitrogens with one attached hydrogen (secondary N) is 1. The van der Waals surface area contributed by atoms with Gasteiger partial charge in [0.2, 0.25) is 0 Å². The maximum absolute atomic E-state index is 12.3. The van der Waals surface area contributed by atoms with Crippen LogP contribution in [0.3, 0.4) is 0 Å². The summed E-state index contributed by atoms with van der Waals surface area (Å²) in [7, 11) is 1.85. The summed E-state index contributed by atoms with van der Waals surface area (Å²) in [6, 6.07) is 6.32. The van der Waals surface area contributed by atoms with E-state index in [9.17, 15) is 4.79 Å². The standard InChI is InChI=1S/C15H18N2O2S/c1-9-3-4-12-10(7-9)13-11-8-20-6-5-15(11,19-12)17(2)14(18)16-13/h3-4,7,11,13H,5-6,8H2,1-2H3,(H,16,18). The van der Waals surface area contributed by atoms with E-state index in [4.69, 9.17) is 4.74 Å². The number of hydrogen-bond donors (Lipinski definition) is 1. The summed E-state index contributed by atoms with van der Waals surface area (Å²) in [4.78, 5) is 14.1. The van der Waals surface area contributed by atoms with Gasteiger partial charge in [0.25, 0.3) is 0 Å². The maximum atomic E-state index is 12.3. The molecule has 1 aromatic rings. The Morgan fingerprint density at radius 3 is 3.20 bits per heavy atom. The molecule has 5 heteroatoms. The minimum atomic E-state index is -0.458. The maximum Gasteiger partial charge on any atom is 0.320 e. The molecule has 106 valence electrons. The molecule has 3 unspecified atom stereocenters. The van der Waals surface area contributed by atoms with E-state index in [-0.39, 0.29) is 12.1 Å². The Morgan fingerprint density at radius 1 is 1.50 bits per heavy atom. The van der Waals surface area contributed by atoms with Crippen molar-refractivity contribution in [2.75, 3.05) is 18.6 Å². The highest BCUT2D eigenvalue weighted by atomic mass is 32.2. The van der Waals surface area contributed by atoms with Crippen LogP contribution in [0.15, 0.2) is 18.2 Å². The SMILES string of the molecule is Cc1ccc2c(c1)C1NC(=O)N(C)C3(CCSCC13)O2. The smallest absolute Gasteiger partial charge is 0.320 e. The number of fused-ring (bicyclic) bond motifs is 2. The zero-order valence-electron chi connectivity index (χ0n) is 11.7. The van der Waals surface area contributed by atoms with Crippen LogP contribution in [0.5, 0.6) is 5.75 Å². The van der Waals surface area contributed by atoms with Gasteiger partial charge < -0.3 is 10.1 Å². The van der Waals surface area contributed by atoms with E-state index in [1.807, 2.05) is 24.9 Å². The zero-order valence-corrected chi connectivity index (χ0v) is 12.5. The average molecular weight is 290 g/mol. The lowest BCUT2D eigenvalue weighted by atomic mass is 9.78. The Labute approximate surface area is 122 Å². The number of hydrogen-bond acceptors (Lipinski definition) is 3. The summed E-state index contributed by atoms with van der Waals surface area (Å²) < 4.78 is 6.38. The number of benzene rings is 1. The molecule has 20 heavy (non-hydrogen) atoms. The molecule has 2 fully saturated rings. The fourth-order valence-electron chi connectivity index (χ4n) is 3.70. The molecule has 3 heterocycles. The first-order valence-electron chi connectivity index (χ1n) is 7.03. The van der Waals surface area contributed by atoms with Crippen LogP contribution in [0.1, 0.15) is 23.6 Å². The normalized spacial score (nSPS) is 34.7. The summed E-state index contributed by atoms with van der Waals surface area (Å²) in [6.07, 6.45) is 0.899. The highest BCUT2D eigenvalue weighted by molar-refractivity contribution is 7.99. The lowest BCUT2D eigenvalue weighted by Gasteiger charge is -2.57. The topological polar surface area (TPSA) is 41.6 Å². The molecular weight excluding hydrogens is 272 g/mol. The van der Waals surface area contributed by atoms with Crippen molar-refractivity contribution in [2.24, 2.45) is 5.92 Å². The van der Waals surface area contributed by atoms with Gasteiger partial charge in [-0.1, -0.05) is 17.7 Å². The molecule has 1 aromatic carbocycles. The summed E-state index contributed by atoms with van der Waals surface area (Å²) in [5, 5.41) is 3.17. The molecule has 0 spiro atoms. The van der Waals surface area contributed by atoms with Crippen molar-refractivity contribution < 1.29 is 9.53 Å². The van der Waals surface area contributed by atoms with Crippen molar-refractivity contribution in [2.45, 2.75) is 25.1 Å². The predicted octanol–water partition coefficient (Wildman–Crippen LogP) is 2.53. The summed E-state index contributed by atoms with van der Waals surface area (Å²) in [5.74, 6) is 3.32. The zero-order chi connectivity index (χ0) is 13.9. The van der Waals surface area contributed by atoms with E-state index in [0.717, 1.165) is 29.2 Å². The van der Waals surface area contributed by atoms with Gasteiger partial charge in [-0.05, 0) is 18.7 Å². The molecule has 0 aromatic heterocycles. The Hall–Kier alpha value is -1.36. The number of carbonyl (C=O) groups is 1. The van der Waals surface area contributed by atoms with Gasteiger partial charge in [0.15, 0.2) is 5.72 Å². The minimum Gasteiger partial charge on any atom is -0.467 e. The third kappa shape index (κ3) is 1.47. The van der Waals surface area contributed by atoms with Crippen molar-refractivity contribution in [1.82, 2.24) is 10.2 Å². The van der Waals surface area contributed by atoms with Crippen molar-refractivity contribution in [1.29, 1.82) is 0 Å². The molecule has 3 atom stereocenters. The van der Waals surface area contributed by atoms with Crippen LogP contribution in [-0.4, -0.2) is 35.2 Å². The first kappa shape index (κ1) is 12.4. The number of carbonyl (C=O) groups excluding carboxylic acids is 1. The molecule has 2 bridgehead atoms. The van der Waals surface area contributed by atoms with Crippen LogP contribution in [0, 0.1) is 12.8 Å². The molecule has 2 saturated heterocycles. The van der Waals surface area contributed by atoms with E-state index in [1.165, 1.54) is 5.56 Å². The fraction of sp³-hybridized carbons (Fsp3) is 0.533. The summed E-state index contributed by atoms with van der Waals surface area (Å²) in [5.41, 5.74) is 1.88. The second-order valence-electron chi connectivity index (χ2n) is 5.91. The van der Waals surface area contributed by atoms with Crippen molar-refractivity contribution >= 4 is 17.8 Å². The number of amides is 2. The quantitative estimate of drug-likeness (QED) is 0.798. The lowest BCUT2D eigenvalue weighted by Crippen LogP contribution is -2.71. The van der Waals surface area contributed by atoms with Crippen LogP contribution in [-0.2, 0) is 0 Å². The molecule has 4 nitrogen and oxygen atoms in total. The highest BCUT2D eigenvalue weighted by Crippen LogP contribution is 2.52. The molecule has 0 saturated carbocycles. The number of rotatable bonds is 0. The number of ether oxygens (including phenoxy) is 1. The molecule has 2 amide bonds. The molecule has 3 aliphatic heterocycles. The Morgan fingerprint density at radius 2 is 2.35 bits per heavy atom. The molecule has 4 rings (SSSR count). The lowest BCUT2D eigenvalue weighted by molar-refractivity contribution is -0.129. The summed E-state index contributed by atoms with van der Waals surface area (Å²) in [6.45, 7) is 2.08. The number of aryl methyl sites for hydroxylation is 1. The van der Waals surface area contributed by atoms with Gasteiger partial charge in [0.1, 0.15) is 5.75 Å². The van der Waals surface area contributed by atoms with Gasteiger partial charge >= 0.3 is 6.03 Å². The number of nitrogens with zero attached hydrogens (tertiary/aromatic N) is 1. The Kier molecular flexibility index (Phi) is 2.52. The third-order valence-electron chi connectivity index (χ3n) is 4.82. The van der Waals surface area contributed by atoms with Crippen molar-refractivity contribution in [3.63, 3.8) is 0 Å². The minimum absolute atomic E-state index is 0.0229. The molecular formula is C15H18N2O2S. The second kappa shape index (κ2) is 4.07. The Bertz CT molecular complexity index is 591. The van der Waals surface area contributed by atoms with Gasteiger partial charge in [-0.25, -0.2) is 4.79 Å². The molecule has 0 radical (unpaired) electrons. The van der Waals surface area contributed by atoms with E-state index in [2.05, 4.69) is 24.4 Å². The van der Waals surface area contributed by atoms with Crippen LogP contribution in [0.25, 0.3) is 0 Å². The van der Waals surface area contributed by atoms with Gasteiger partial charge in [0, 0.05) is 24.8 Å². The average Bonchev–Trinajstić information content (AvgIpc) is 2.45. The van der Waals surface area contributed by atoms with Crippen LogP contribution >= 0.6 is 11.8 Å². The van der Waals surface area contributed by atoms with Gasteiger partial charge in [-0.15, -0.1) is 0 Å². The first-order valence-corrected chi connectivity index (χ1v) is 8.19. The Balaban J connectivity index is 1.90. The van der Waals surface area contributed by atoms with Gasteiger partial charge in [-0.2, -0.15) is 11.8 Å². The van der Waals surface area contributed by atoms with Crippen LogP contribution < -0.4 is 10.1 Å². The predicted molar refractivity (Wildman–Crippen MR) is 79.0 cm³/mol. The van der Waals surface area contributed by atoms with E-state index < -0.39 is 5.72 Å². The van der Waals surface area contributed by atoms with Gasteiger partial charge in [0.05, 0.1) is 12.0 Å². The van der Waals surface area contributed by atoms with Crippen molar-refractivity contribution in [3.05, 3.63) is 29.3 Å². The largest absolute Gasteiger partial charge is 0.467 e. The van der Waals surface area contributed by atoms with E-state index in [1.54, 1.807) is 4.90 Å². The highest BCUT2D eigenvalue weighted by Gasteiger charge is 2.58. The summed E-state index contributed by atoms with van der Waals surface area (Å²) >= 11 is 1.96. The first-order chi connectivity index (χ1) is 9.62. The molecule has 1 N–H and O–H groups in total. The van der Waals surface area contributed by atoms with Crippen LogP contribution in [0.4, 0.5) is 4.79 Å². The molecule has 0 aliphatic carbocycles. The second-order valence-corrected chi connectivity index (χ2v) is 7.06. The van der Waals surface area contributed by atoms with Crippen molar-refractivity contribution in [3.8, 4) is 5.75 Å². The van der Waals surface area contributed by atoms with Gasteiger partial charge in [-0.3, -0.25) is 4.90 Å². The third-order valence-corrected chi connectivity index (χ3v) is 5.91. The van der Waals surface area contributed by atoms with Crippen LogP contribution in [0.2, 0.25) is 0 Å².